The Morgan fingerprint density at radius 3 is 2.33 bits per heavy atom. The van der Waals surface area contributed by atoms with Crippen LogP contribution in [0.4, 0.5) is 4.39 Å². The molecular weight excluding hydrogens is 585 g/mol. The predicted octanol–water partition coefficient (Wildman–Crippen LogP) is 1.08. The van der Waals surface area contributed by atoms with E-state index in [9.17, 15) is 43.2 Å². The highest BCUT2D eigenvalue weighted by Gasteiger charge is 2.63. The number of Topliss-reactive ketones (excluding diaryl/α,β-unsaturated/α-hetero) is 2. The van der Waals surface area contributed by atoms with Crippen molar-refractivity contribution in [2.45, 2.75) is 35.9 Å². The number of nitrogens with zero attached hydrogens (tertiary/aromatic N) is 2. The average Bonchev–Trinajstić information content (AvgIpc) is 2.93. The second kappa shape index (κ2) is 10.3. The third-order valence-electron chi connectivity index (χ3n) is 8.58. The first kappa shape index (κ1) is 30.4. The minimum absolute atomic E-state index is 0.0236. The number of carbonyl (C=O) groups is 3. The van der Waals surface area contributed by atoms with Gasteiger partial charge in [0.1, 0.15) is 28.7 Å². The number of hydrogen-bond donors (Lipinski definition) is 5. The minimum Gasteiger partial charge on any atom is -0.510 e. The van der Waals surface area contributed by atoms with Gasteiger partial charge in [0.15, 0.2) is 11.4 Å². The van der Waals surface area contributed by atoms with Gasteiger partial charge in [0, 0.05) is 36.2 Å². The fraction of sp³-hybridized carbons (Fsp3) is 0.345. The van der Waals surface area contributed by atoms with E-state index in [4.69, 9.17) is 5.73 Å². The zero-order valence-electron chi connectivity index (χ0n) is 23.4. The van der Waals surface area contributed by atoms with E-state index in [-0.39, 0.29) is 28.9 Å². The normalized spacial score (nSPS) is 25.6. The van der Waals surface area contributed by atoms with Gasteiger partial charge in [0.2, 0.25) is 15.8 Å². The highest BCUT2D eigenvalue weighted by Crippen LogP contribution is 2.52. The number of likely N-dealkylation sites (N-methyl/N-ethyl adjacent to an activating group) is 1. The van der Waals surface area contributed by atoms with Crippen molar-refractivity contribution in [1.82, 2.24) is 9.21 Å². The number of allylic oxidation sites excluding steroid dienone is 1. The van der Waals surface area contributed by atoms with Crippen molar-refractivity contribution >= 4 is 27.5 Å². The summed E-state index contributed by atoms with van der Waals surface area (Å²) in [5.41, 5.74) is 0.215. The van der Waals surface area contributed by atoms with E-state index in [0.717, 1.165) is 10.4 Å². The number of ketones is 2. The number of sulfonamides is 1. The van der Waals surface area contributed by atoms with E-state index in [2.05, 4.69) is 0 Å². The summed E-state index contributed by atoms with van der Waals surface area (Å²) in [7, 11) is 0.208. The molecule has 0 saturated heterocycles. The second-order valence-electron chi connectivity index (χ2n) is 11.3. The van der Waals surface area contributed by atoms with Gasteiger partial charge in [0.05, 0.1) is 16.5 Å². The van der Waals surface area contributed by atoms with E-state index in [0.29, 0.717) is 0 Å². The molecule has 0 spiro atoms. The number of phenols is 1. The molecule has 0 saturated carbocycles. The molecule has 228 valence electrons. The van der Waals surface area contributed by atoms with Crippen LogP contribution in [0.2, 0.25) is 0 Å². The number of amides is 1. The van der Waals surface area contributed by atoms with Crippen molar-refractivity contribution in [3.8, 4) is 5.75 Å². The molecule has 0 unspecified atom stereocenters. The highest BCUT2D eigenvalue weighted by atomic mass is 32.2. The standard InChI is InChI=1S/C29H30FN3O9S/c1-32(2)23-17-10-13-9-16-20(24(35)19(13)26(37)29(17,40)27(38)21(25(23)36)28(31)39)18(34)11-14(22(16)30)12-33(3)43(41,42)15-7-5-4-6-8-15/h4-8,11,13,17,23,34,36-37,40H,9-10,12H2,1-3H3,(H2,31,39)/t13-,17-,23-,29-/m0/s1. The van der Waals surface area contributed by atoms with E-state index in [1.54, 1.807) is 6.07 Å². The number of rotatable bonds is 6. The van der Waals surface area contributed by atoms with Crippen LogP contribution >= 0.6 is 0 Å². The number of primary amides is 1. The maximum absolute atomic E-state index is 16.0. The van der Waals surface area contributed by atoms with Crippen LogP contribution < -0.4 is 5.73 Å². The van der Waals surface area contributed by atoms with E-state index >= 15 is 4.39 Å². The monoisotopic (exact) mass is 615 g/mol. The van der Waals surface area contributed by atoms with Gasteiger partial charge in [-0.25, -0.2) is 12.8 Å². The van der Waals surface area contributed by atoms with Crippen molar-refractivity contribution in [3.63, 3.8) is 0 Å². The number of benzene rings is 2. The molecule has 0 heterocycles. The van der Waals surface area contributed by atoms with Crippen molar-refractivity contribution in [1.29, 1.82) is 0 Å². The Balaban J connectivity index is 1.60. The highest BCUT2D eigenvalue weighted by molar-refractivity contribution is 7.89. The number of aliphatic hydroxyl groups is 3. The van der Waals surface area contributed by atoms with Gasteiger partial charge < -0.3 is 26.2 Å². The van der Waals surface area contributed by atoms with Crippen molar-refractivity contribution in [2.24, 2.45) is 17.6 Å². The molecule has 5 rings (SSSR count). The summed E-state index contributed by atoms with van der Waals surface area (Å²) in [5.74, 6) is -9.40. The van der Waals surface area contributed by atoms with Crippen LogP contribution in [0.1, 0.15) is 27.9 Å². The number of phenolic OH excluding ortho intramolecular Hbond substituents is 1. The van der Waals surface area contributed by atoms with Crippen molar-refractivity contribution < 1.29 is 47.6 Å². The number of nitrogens with two attached hydrogens (primary N) is 1. The third kappa shape index (κ3) is 4.35. The zero-order valence-corrected chi connectivity index (χ0v) is 24.2. The molecule has 0 radical (unpaired) electrons. The molecule has 3 aliphatic rings. The van der Waals surface area contributed by atoms with Crippen LogP contribution in [0.5, 0.6) is 5.75 Å². The number of fused-ring (bicyclic) bond motifs is 3. The van der Waals surface area contributed by atoms with Gasteiger partial charge in [-0.1, -0.05) is 18.2 Å². The topological polar surface area (TPSA) is 199 Å². The summed E-state index contributed by atoms with van der Waals surface area (Å²) in [6.45, 7) is -0.481. The molecule has 0 bridgehead atoms. The van der Waals surface area contributed by atoms with Gasteiger partial charge in [-0.3, -0.25) is 19.3 Å². The Labute approximate surface area is 246 Å². The predicted molar refractivity (Wildman–Crippen MR) is 149 cm³/mol. The van der Waals surface area contributed by atoms with Crippen molar-refractivity contribution in [3.05, 3.63) is 81.6 Å². The molecule has 2 aromatic rings. The molecule has 43 heavy (non-hydrogen) atoms. The van der Waals surface area contributed by atoms with E-state index < -0.39 is 97.3 Å². The zero-order chi connectivity index (χ0) is 31.8. The molecule has 4 atom stereocenters. The van der Waals surface area contributed by atoms with Gasteiger partial charge in [0.25, 0.3) is 5.91 Å². The largest absolute Gasteiger partial charge is 0.510 e. The van der Waals surface area contributed by atoms with Crippen LogP contribution in [0.25, 0.3) is 0 Å². The van der Waals surface area contributed by atoms with E-state index in [1.807, 2.05) is 0 Å². The quantitative estimate of drug-likeness (QED) is 0.293. The second-order valence-corrected chi connectivity index (χ2v) is 13.3. The number of aliphatic hydroxyl groups excluding tert-OH is 2. The Hall–Kier alpha value is -4.11. The smallest absolute Gasteiger partial charge is 0.255 e. The third-order valence-corrected chi connectivity index (χ3v) is 10.4. The Morgan fingerprint density at radius 2 is 1.74 bits per heavy atom. The lowest BCUT2D eigenvalue weighted by Gasteiger charge is -2.50. The molecule has 0 aliphatic heterocycles. The molecule has 3 aliphatic carbocycles. The summed E-state index contributed by atoms with van der Waals surface area (Å²) in [5, 5.41) is 44.6. The molecule has 0 fully saturated rings. The van der Waals surface area contributed by atoms with Gasteiger partial charge >= 0.3 is 0 Å². The lowest BCUT2D eigenvalue weighted by Crippen LogP contribution is -2.63. The summed E-state index contributed by atoms with van der Waals surface area (Å²) >= 11 is 0. The van der Waals surface area contributed by atoms with Gasteiger partial charge in [-0.2, -0.15) is 4.31 Å². The van der Waals surface area contributed by atoms with Crippen LogP contribution in [0.15, 0.2) is 64.0 Å². The molecule has 2 aromatic carbocycles. The molecule has 0 aromatic heterocycles. The van der Waals surface area contributed by atoms with Crippen LogP contribution in [0.3, 0.4) is 0 Å². The van der Waals surface area contributed by atoms with E-state index in [1.165, 1.54) is 50.3 Å². The van der Waals surface area contributed by atoms with Gasteiger partial charge in [-0.05, 0) is 51.1 Å². The molecular formula is C29H30FN3O9S. The fourth-order valence-electron chi connectivity index (χ4n) is 6.57. The number of aromatic hydroxyl groups is 1. The molecule has 12 nitrogen and oxygen atoms in total. The lowest BCUT2D eigenvalue weighted by atomic mass is 9.58. The van der Waals surface area contributed by atoms with Crippen LogP contribution in [-0.4, -0.2) is 88.3 Å². The van der Waals surface area contributed by atoms with Gasteiger partial charge in [-0.15, -0.1) is 0 Å². The molecule has 14 heteroatoms. The fourth-order valence-corrected chi connectivity index (χ4v) is 7.74. The molecule has 6 N–H and O–H groups in total. The summed E-state index contributed by atoms with van der Waals surface area (Å²) in [6.07, 6.45) is -0.477. The first-order valence-electron chi connectivity index (χ1n) is 13.2. The molecule has 1 amide bonds. The van der Waals surface area contributed by atoms with Crippen molar-refractivity contribution in [2.75, 3.05) is 21.1 Å². The summed E-state index contributed by atoms with van der Waals surface area (Å²) in [6, 6.07) is 7.21. The Bertz CT molecular complexity index is 1750. The number of hydrogen-bond acceptors (Lipinski definition) is 10. The summed E-state index contributed by atoms with van der Waals surface area (Å²) in [4.78, 5) is 40.5. The number of halogens is 1. The lowest BCUT2D eigenvalue weighted by molar-refractivity contribution is -0.148. The SMILES string of the molecule is CN(C)[C@@H]1C(O)=C(C(N)=O)C(=O)[C@@]2(O)C(O)=C3C(=O)c4c(O)cc(CN(C)S(=O)(=O)c5ccccc5)c(F)c4C[C@H]3C[C@@H]12. The Morgan fingerprint density at radius 1 is 1.12 bits per heavy atom. The number of carbonyl (C=O) groups excluding carboxylic acids is 3. The maximum atomic E-state index is 16.0. The summed E-state index contributed by atoms with van der Waals surface area (Å²) < 4.78 is 42.9. The first-order valence-corrected chi connectivity index (χ1v) is 14.7. The first-order chi connectivity index (χ1) is 20.0. The van der Waals surface area contributed by atoms with Crippen LogP contribution in [-0.2, 0) is 32.6 Å². The minimum atomic E-state index is -4.03. The Kier molecular flexibility index (Phi) is 7.24. The van der Waals surface area contributed by atoms with Crippen LogP contribution in [0, 0.1) is 17.7 Å². The maximum Gasteiger partial charge on any atom is 0.255 e. The average molecular weight is 616 g/mol.